The first-order chi connectivity index (χ1) is 18.8. The monoisotopic (exact) mass is 564 g/mol. The first-order valence-electron chi connectivity index (χ1n) is 12.0. The highest BCUT2D eigenvalue weighted by atomic mass is 32.2. The topological polar surface area (TPSA) is 129 Å². The van der Waals surface area contributed by atoms with E-state index in [2.05, 4.69) is 15.0 Å². The van der Waals surface area contributed by atoms with Crippen molar-refractivity contribution in [2.45, 2.75) is 37.1 Å². The summed E-state index contributed by atoms with van der Waals surface area (Å²) in [5.74, 6) is 0.427. The Labute approximate surface area is 230 Å². The molecule has 4 heterocycles. The summed E-state index contributed by atoms with van der Waals surface area (Å²) in [6.45, 7) is 5.37. The molecular formula is C27H24N4O6S2. The summed E-state index contributed by atoms with van der Waals surface area (Å²) in [7, 11) is 1.54. The quantitative estimate of drug-likeness (QED) is 0.268. The maximum atomic E-state index is 13.8. The number of fused-ring (bicyclic) bond motifs is 1. The lowest BCUT2D eigenvalue weighted by atomic mass is 9.95. The normalized spacial score (nSPS) is 15.2. The number of aryl methyl sites for hydroxylation is 1. The van der Waals surface area contributed by atoms with Crippen LogP contribution in [0.25, 0.3) is 6.08 Å². The average molecular weight is 565 g/mol. The Morgan fingerprint density at radius 2 is 2.03 bits per heavy atom. The van der Waals surface area contributed by atoms with E-state index >= 15 is 0 Å². The lowest BCUT2D eigenvalue weighted by molar-refractivity contribution is -0.139. The second-order valence-electron chi connectivity index (χ2n) is 8.50. The van der Waals surface area contributed by atoms with E-state index in [0.717, 1.165) is 0 Å². The van der Waals surface area contributed by atoms with Gasteiger partial charge in [0.05, 0.1) is 29.5 Å². The van der Waals surface area contributed by atoms with Gasteiger partial charge in [-0.1, -0.05) is 29.5 Å². The molecule has 200 valence electrons. The number of H-pyrrole nitrogens is 1. The predicted molar refractivity (Wildman–Crippen MR) is 146 cm³/mol. The Balaban J connectivity index is 1.60. The second kappa shape index (κ2) is 10.9. The molecule has 0 aliphatic carbocycles. The Kier molecular flexibility index (Phi) is 7.40. The molecule has 0 radical (unpaired) electrons. The number of furan rings is 1. The van der Waals surface area contributed by atoms with Gasteiger partial charge < -0.3 is 18.9 Å². The third kappa shape index (κ3) is 5.25. The Morgan fingerprint density at radius 1 is 1.23 bits per heavy atom. The van der Waals surface area contributed by atoms with Gasteiger partial charge in [0.2, 0.25) is 0 Å². The Morgan fingerprint density at radius 3 is 2.77 bits per heavy atom. The number of benzene rings is 1. The van der Waals surface area contributed by atoms with Crippen molar-refractivity contribution in [1.82, 2.24) is 14.5 Å². The molecule has 0 amide bonds. The van der Waals surface area contributed by atoms with Crippen LogP contribution in [0.1, 0.15) is 36.9 Å². The molecule has 1 N–H and O–H groups in total. The zero-order valence-corrected chi connectivity index (χ0v) is 23.1. The molecule has 4 aromatic rings. The minimum Gasteiger partial charge on any atom is -0.496 e. The maximum Gasteiger partial charge on any atom is 0.338 e. The number of para-hydroxylation sites is 1. The fourth-order valence-corrected chi connectivity index (χ4v) is 6.10. The zero-order chi connectivity index (χ0) is 27.7. The molecule has 1 aliphatic heterocycles. The van der Waals surface area contributed by atoms with Crippen LogP contribution in [-0.4, -0.2) is 34.2 Å². The van der Waals surface area contributed by atoms with Crippen molar-refractivity contribution >= 4 is 35.1 Å². The number of rotatable bonds is 7. The highest BCUT2D eigenvalue weighted by molar-refractivity contribution is 7.99. The van der Waals surface area contributed by atoms with Gasteiger partial charge in [0, 0.05) is 23.4 Å². The minimum atomic E-state index is -0.787. The van der Waals surface area contributed by atoms with Gasteiger partial charge in [0.15, 0.2) is 15.1 Å². The number of hydrogen-bond acceptors (Lipinski definition) is 10. The van der Waals surface area contributed by atoms with Gasteiger partial charge in [-0.3, -0.25) is 14.2 Å². The van der Waals surface area contributed by atoms with E-state index in [4.69, 9.17) is 13.9 Å². The molecule has 1 atom stereocenters. The summed E-state index contributed by atoms with van der Waals surface area (Å²) in [6, 6.07) is 11.3. The summed E-state index contributed by atoms with van der Waals surface area (Å²) < 4.78 is 18.7. The van der Waals surface area contributed by atoms with E-state index in [1.165, 1.54) is 40.8 Å². The van der Waals surface area contributed by atoms with Crippen LogP contribution in [0.3, 0.4) is 0 Å². The van der Waals surface area contributed by atoms with Crippen molar-refractivity contribution in [3.05, 3.63) is 101 Å². The summed E-state index contributed by atoms with van der Waals surface area (Å²) in [4.78, 5) is 50.6. The fourth-order valence-electron chi connectivity index (χ4n) is 4.27. The number of aromatic amines is 1. The molecule has 12 heteroatoms. The number of esters is 1. The van der Waals surface area contributed by atoms with Crippen molar-refractivity contribution in [3.8, 4) is 5.75 Å². The van der Waals surface area contributed by atoms with Crippen LogP contribution in [0, 0.1) is 6.92 Å². The van der Waals surface area contributed by atoms with Crippen LogP contribution in [0.15, 0.2) is 83.0 Å². The van der Waals surface area contributed by atoms with Gasteiger partial charge in [0.25, 0.3) is 11.1 Å². The van der Waals surface area contributed by atoms with E-state index in [9.17, 15) is 14.4 Å². The Hall–Kier alpha value is -4.16. The standard InChI is InChI=1S/C27H24N4O6S2/c1-5-36-25(34)22-15(3)29-27-31(23(22)17-8-6-7-9-18(17)35-4)24(33)19(38-27)13-16-10-11-21(37-16)39-26-28-14(2)12-20(32)30-26/h6-13,23H,5H2,1-4H3,(H,28,30,32)/b19-13+/t23-/m0/s1. The summed E-state index contributed by atoms with van der Waals surface area (Å²) >= 11 is 2.36. The van der Waals surface area contributed by atoms with E-state index in [0.29, 0.717) is 48.0 Å². The molecule has 0 spiro atoms. The average Bonchev–Trinajstić information content (AvgIpc) is 3.46. The number of methoxy groups -OCH3 is 1. The van der Waals surface area contributed by atoms with Crippen LogP contribution in [0.2, 0.25) is 0 Å². The van der Waals surface area contributed by atoms with Gasteiger partial charge in [-0.15, -0.1) is 0 Å². The van der Waals surface area contributed by atoms with Crippen LogP contribution in [0.4, 0.5) is 0 Å². The SMILES string of the molecule is CCOC(=O)C1=C(C)N=c2s/c(=C/c3ccc(Sc4nc(C)cc(=O)[nH]4)o3)c(=O)n2[C@H]1c1ccccc1OC. The fraction of sp³-hybridized carbons (Fsp3) is 0.222. The number of carbonyl (C=O) groups excluding carboxylic acids is 1. The van der Waals surface area contributed by atoms with E-state index in [1.807, 2.05) is 18.2 Å². The number of hydrogen-bond donors (Lipinski definition) is 1. The van der Waals surface area contributed by atoms with Gasteiger partial charge in [-0.25, -0.2) is 14.8 Å². The Bertz CT molecular complexity index is 1850. The maximum absolute atomic E-state index is 13.8. The summed E-state index contributed by atoms with van der Waals surface area (Å²) in [5.41, 5.74) is 1.39. The molecule has 5 rings (SSSR count). The number of ether oxygens (including phenoxy) is 2. The lowest BCUT2D eigenvalue weighted by Crippen LogP contribution is -2.40. The molecule has 39 heavy (non-hydrogen) atoms. The third-order valence-electron chi connectivity index (χ3n) is 5.87. The van der Waals surface area contributed by atoms with Crippen molar-refractivity contribution in [2.75, 3.05) is 13.7 Å². The number of carbonyl (C=O) groups is 1. The largest absolute Gasteiger partial charge is 0.496 e. The van der Waals surface area contributed by atoms with Gasteiger partial charge in [-0.2, -0.15) is 0 Å². The number of nitrogens with zero attached hydrogens (tertiary/aromatic N) is 3. The molecular weight excluding hydrogens is 540 g/mol. The molecule has 0 bridgehead atoms. The van der Waals surface area contributed by atoms with Crippen LogP contribution in [0.5, 0.6) is 5.75 Å². The van der Waals surface area contributed by atoms with Gasteiger partial charge >= 0.3 is 5.97 Å². The highest BCUT2D eigenvalue weighted by Gasteiger charge is 2.35. The third-order valence-corrected chi connectivity index (χ3v) is 7.66. The summed E-state index contributed by atoms with van der Waals surface area (Å²) in [6.07, 6.45) is 1.63. The van der Waals surface area contributed by atoms with Crippen molar-refractivity contribution < 1.29 is 18.7 Å². The van der Waals surface area contributed by atoms with Crippen LogP contribution < -0.4 is 25.2 Å². The molecule has 10 nitrogen and oxygen atoms in total. The van der Waals surface area contributed by atoms with E-state index < -0.39 is 12.0 Å². The summed E-state index contributed by atoms with van der Waals surface area (Å²) in [5, 5.41) is 0.897. The smallest absolute Gasteiger partial charge is 0.338 e. The molecule has 0 saturated carbocycles. The first kappa shape index (κ1) is 26.4. The second-order valence-corrected chi connectivity index (χ2v) is 10.5. The number of aromatic nitrogens is 3. The van der Waals surface area contributed by atoms with Crippen molar-refractivity contribution in [3.63, 3.8) is 0 Å². The lowest BCUT2D eigenvalue weighted by Gasteiger charge is -2.25. The highest BCUT2D eigenvalue weighted by Crippen LogP contribution is 2.35. The van der Waals surface area contributed by atoms with Crippen LogP contribution >= 0.6 is 23.1 Å². The molecule has 0 saturated heterocycles. The predicted octanol–water partition coefficient (Wildman–Crippen LogP) is 2.94. The van der Waals surface area contributed by atoms with Gasteiger partial charge in [-0.05, 0) is 50.7 Å². The van der Waals surface area contributed by atoms with Crippen LogP contribution in [-0.2, 0) is 9.53 Å². The van der Waals surface area contributed by atoms with Crippen molar-refractivity contribution in [2.24, 2.45) is 4.99 Å². The molecule has 0 unspecified atom stereocenters. The van der Waals surface area contributed by atoms with E-state index in [-0.39, 0.29) is 23.3 Å². The number of allylic oxidation sites excluding steroid dienone is 1. The van der Waals surface area contributed by atoms with Crippen molar-refractivity contribution in [1.29, 1.82) is 0 Å². The first-order valence-corrected chi connectivity index (χ1v) is 13.6. The minimum absolute atomic E-state index is 0.184. The van der Waals surface area contributed by atoms with E-state index in [1.54, 1.807) is 45.0 Å². The molecule has 0 fully saturated rings. The zero-order valence-electron chi connectivity index (χ0n) is 21.5. The number of thiazole rings is 1. The molecule has 3 aromatic heterocycles. The van der Waals surface area contributed by atoms with Gasteiger partial charge in [0.1, 0.15) is 17.6 Å². The molecule has 1 aromatic carbocycles. The molecule has 1 aliphatic rings. The number of nitrogens with one attached hydrogen (secondary N) is 1.